The lowest BCUT2D eigenvalue weighted by atomic mass is 10.1. The van der Waals surface area contributed by atoms with Crippen LogP contribution in [0.5, 0.6) is 0 Å². The predicted octanol–water partition coefficient (Wildman–Crippen LogP) is 2.04. The van der Waals surface area contributed by atoms with E-state index in [0.717, 1.165) is 30.5 Å². The minimum absolute atomic E-state index is 0.163. The van der Waals surface area contributed by atoms with Crippen molar-refractivity contribution in [2.24, 2.45) is 0 Å². The van der Waals surface area contributed by atoms with E-state index in [1.165, 1.54) is 0 Å². The third kappa shape index (κ3) is 7.44. The van der Waals surface area contributed by atoms with Crippen molar-refractivity contribution >= 4 is 23.5 Å². The van der Waals surface area contributed by atoms with Gasteiger partial charge in [-0.2, -0.15) is 0 Å². The molecule has 0 spiro atoms. The number of carbonyl (C=O) groups is 3. The molecule has 0 heterocycles. The van der Waals surface area contributed by atoms with Gasteiger partial charge in [-0.05, 0) is 24.5 Å². The highest BCUT2D eigenvalue weighted by molar-refractivity contribution is 5.95. The number of nitrogens with one attached hydrogen (secondary N) is 2. The summed E-state index contributed by atoms with van der Waals surface area (Å²) in [4.78, 5) is 34.6. The number of aryl methyl sites for hydroxylation is 1. The molecule has 0 aliphatic rings. The van der Waals surface area contributed by atoms with E-state index in [9.17, 15) is 14.4 Å². The van der Waals surface area contributed by atoms with Gasteiger partial charge in [0.25, 0.3) is 5.91 Å². The van der Waals surface area contributed by atoms with Crippen molar-refractivity contribution in [2.75, 3.05) is 18.5 Å². The first-order chi connectivity index (χ1) is 11.1. The summed E-state index contributed by atoms with van der Waals surface area (Å²) in [5.74, 6) is -1.21. The molecule has 0 aliphatic carbocycles. The lowest BCUT2D eigenvalue weighted by Gasteiger charge is -2.10. The largest absolute Gasteiger partial charge is 0.456 e. The highest BCUT2D eigenvalue weighted by Gasteiger charge is 2.10. The Balaban J connectivity index is 2.30. The standard InChI is InChI=1S/C17H24N2O4/c1-3-5-10-17(22)23-12-16(21)18-11-15(20)19-14-9-7-6-8-13(14)4-2/h6-9H,3-5,10-12H2,1-2H3,(H,18,21)(H,19,20). The van der Waals surface area contributed by atoms with E-state index >= 15 is 0 Å². The Kier molecular flexibility index (Phi) is 8.42. The molecule has 0 atom stereocenters. The van der Waals surface area contributed by atoms with Gasteiger partial charge in [0.05, 0.1) is 6.54 Å². The quantitative estimate of drug-likeness (QED) is 0.682. The van der Waals surface area contributed by atoms with Crippen LogP contribution < -0.4 is 10.6 Å². The van der Waals surface area contributed by atoms with E-state index in [4.69, 9.17) is 4.74 Å². The van der Waals surface area contributed by atoms with Crippen molar-refractivity contribution in [3.8, 4) is 0 Å². The summed E-state index contributed by atoms with van der Waals surface area (Å²) in [7, 11) is 0. The van der Waals surface area contributed by atoms with Gasteiger partial charge in [0.15, 0.2) is 6.61 Å². The maximum atomic E-state index is 11.8. The van der Waals surface area contributed by atoms with Crippen LogP contribution >= 0.6 is 0 Å². The van der Waals surface area contributed by atoms with Crippen LogP contribution in [0.25, 0.3) is 0 Å². The lowest BCUT2D eigenvalue weighted by molar-refractivity contribution is -0.148. The highest BCUT2D eigenvalue weighted by atomic mass is 16.5. The fourth-order valence-corrected chi connectivity index (χ4v) is 1.91. The Morgan fingerprint density at radius 2 is 1.83 bits per heavy atom. The molecule has 0 saturated carbocycles. The van der Waals surface area contributed by atoms with Crippen LogP contribution in [0.4, 0.5) is 5.69 Å². The number of hydrogen-bond donors (Lipinski definition) is 2. The van der Waals surface area contributed by atoms with E-state index in [2.05, 4.69) is 10.6 Å². The maximum absolute atomic E-state index is 11.8. The summed E-state index contributed by atoms with van der Waals surface area (Å²) < 4.78 is 4.81. The van der Waals surface area contributed by atoms with E-state index in [-0.39, 0.29) is 19.1 Å². The molecule has 1 aromatic carbocycles. The molecule has 1 aromatic rings. The van der Waals surface area contributed by atoms with Crippen LogP contribution in [0.3, 0.4) is 0 Å². The molecule has 126 valence electrons. The van der Waals surface area contributed by atoms with Crippen molar-refractivity contribution in [3.63, 3.8) is 0 Å². The molecule has 0 saturated heterocycles. The lowest BCUT2D eigenvalue weighted by Crippen LogP contribution is -2.35. The number of para-hydroxylation sites is 1. The predicted molar refractivity (Wildman–Crippen MR) is 87.9 cm³/mol. The molecule has 23 heavy (non-hydrogen) atoms. The van der Waals surface area contributed by atoms with E-state index in [0.29, 0.717) is 6.42 Å². The van der Waals surface area contributed by atoms with Gasteiger partial charge in [0.2, 0.25) is 5.91 Å². The van der Waals surface area contributed by atoms with Crippen LogP contribution in [0.1, 0.15) is 38.7 Å². The van der Waals surface area contributed by atoms with E-state index < -0.39 is 11.9 Å². The van der Waals surface area contributed by atoms with Gasteiger partial charge in [-0.15, -0.1) is 0 Å². The summed E-state index contributed by atoms with van der Waals surface area (Å²) in [5.41, 5.74) is 1.76. The van der Waals surface area contributed by atoms with Crippen LogP contribution in [-0.4, -0.2) is 30.9 Å². The van der Waals surface area contributed by atoms with Gasteiger partial charge in [0.1, 0.15) is 0 Å². The molecule has 0 bridgehead atoms. The van der Waals surface area contributed by atoms with Gasteiger partial charge in [0, 0.05) is 12.1 Å². The number of rotatable bonds is 9. The van der Waals surface area contributed by atoms with Gasteiger partial charge >= 0.3 is 5.97 Å². The third-order valence-electron chi connectivity index (χ3n) is 3.22. The number of hydrogen-bond acceptors (Lipinski definition) is 4. The Hall–Kier alpha value is -2.37. The minimum atomic E-state index is -0.492. The van der Waals surface area contributed by atoms with Crippen molar-refractivity contribution < 1.29 is 19.1 Å². The molecule has 6 heteroatoms. The van der Waals surface area contributed by atoms with E-state index in [1.54, 1.807) is 0 Å². The average Bonchev–Trinajstić information content (AvgIpc) is 2.56. The van der Waals surface area contributed by atoms with Crippen LogP contribution in [0.2, 0.25) is 0 Å². The highest BCUT2D eigenvalue weighted by Crippen LogP contribution is 2.14. The molecular weight excluding hydrogens is 296 g/mol. The maximum Gasteiger partial charge on any atom is 0.306 e. The molecule has 0 aromatic heterocycles. The van der Waals surface area contributed by atoms with Gasteiger partial charge < -0.3 is 15.4 Å². The average molecular weight is 320 g/mol. The molecule has 1 rings (SSSR count). The number of esters is 1. The summed E-state index contributed by atoms with van der Waals surface area (Å²) in [6.07, 6.45) is 2.73. The second-order valence-electron chi connectivity index (χ2n) is 5.10. The zero-order chi connectivity index (χ0) is 17.1. The normalized spacial score (nSPS) is 10.0. The molecule has 2 amide bonds. The number of amides is 2. The Labute approximate surface area is 136 Å². The van der Waals surface area contributed by atoms with Crippen molar-refractivity contribution in [1.29, 1.82) is 0 Å². The molecule has 6 nitrogen and oxygen atoms in total. The Morgan fingerprint density at radius 1 is 1.09 bits per heavy atom. The molecule has 2 N–H and O–H groups in total. The number of carbonyl (C=O) groups excluding carboxylic acids is 3. The number of benzene rings is 1. The summed E-state index contributed by atoms with van der Waals surface area (Å²) in [6, 6.07) is 7.49. The Morgan fingerprint density at radius 3 is 2.52 bits per heavy atom. The molecule has 0 aliphatic heterocycles. The SMILES string of the molecule is CCCCC(=O)OCC(=O)NCC(=O)Nc1ccccc1CC. The first-order valence-electron chi connectivity index (χ1n) is 7.86. The number of unbranched alkanes of at least 4 members (excludes halogenated alkanes) is 1. The first-order valence-corrected chi connectivity index (χ1v) is 7.86. The van der Waals surface area contributed by atoms with Crippen molar-refractivity contribution in [3.05, 3.63) is 29.8 Å². The van der Waals surface area contributed by atoms with Gasteiger partial charge in [-0.3, -0.25) is 14.4 Å². The smallest absolute Gasteiger partial charge is 0.306 e. The topological polar surface area (TPSA) is 84.5 Å². The van der Waals surface area contributed by atoms with Gasteiger partial charge in [-0.1, -0.05) is 38.5 Å². The fourth-order valence-electron chi connectivity index (χ4n) is 1.91. The molecule has 0 radical (unpaired) electrons. The molecule has 0 unspecified atom stereocenters. The van der Waals surface area contributed by atoms with E-state index in [1.807, 2.05) is 38.1 Å². The van der Waals surface area contributed by atoms with Crippen LogP contribution in [0, 0.1) is 0 Å². The molecular formula is C17H24N2O4. The third-order valence-corrected chi connectivity index (χ3v) is 3.22. The Bertz CT molecular complexity index is 543. The first kappa shape index (κ1) is 18.7. The van der Waals surface area contributed by atoms with Crippen molar-refractivity contribution in [1.82, 2.24) is 5.32 Å². The molecule has 0 fully saturated rings. The summed E-state index contributed by atoms with van der Waals surface area (Å²) in [5, 5.41) is 5.17. The number of ether oxygens (including phenoxy) is 1. The fraction of sp³-hybridized carbons (Fsp3) is 0.471. The summed E-state index contributed by atoms with van der Waals surface area (Å²) in [6.45, 7) is 3.44. The van der Waals surface area contributed by atoms with Crippen LogP contribution in [0.15, 0.2) is 24.3 Å². The zero-order valence-electron chi connectivity index (χ0n) is 13.7. The number of anilines is 1. The second kappa shape index (κ2) is 10.4. The van der Waals surface area contributed by atoms with Crippen molar-refractivity contribution in [2.45, 2.75) is 39.5 Å². The van der Waals surface area contributed by atoms with Gasteiger partial charge in [-0.25, -0.2) is 0 Å². The zero-order valence-corrected chi connectivity index (χ0v) is 13.7. The minimum Gasteiger partial charge on any atom is -0.456 e. The summed E-state index contributed by atoms with van der Waals surface area (Å²) >= 11 is 0. The monoisotopic (exact) mass is 320 g/mol. The second-order valence-corrected chi connectivity index (χ2v) is 5.10. The van der Waals surface area contributed by atoms with Crippen LogP contribution in [-0.2, 0) is 25.5 Å².